The monoisotopic (exact) mass is 315 g/mol. The number of nitrogens with zero attached hydrogens (tertiary/aromatic N) is 1. The fraction of sp³-hybridized carbons (Fsp3) is 0.444. The molecule has 0 saturated carbocycles. The fourth-order valence-corrected chi connectivity index (χ4v) is 2.70. The normalized spacial score (nSPS) is 12.9. The number of aromatic nitrogens is 1. The molecule has 0 aliphatic carbocycles. The molecule has 23 heavy (non-hydrogen) atoms. The molecule has 124 valence electrons. The number of nitrogens with one attached hydrogen (secondary N) is 2. The van der Waals surface area contributed by atoms with Crippen LogP contribution < -0.4 is 10.6 Å². The Morgan fingerprint density at radius 1 is 1.30 bits per heavy atom. The van der Waals surface area contributed by atoms with Crippen LogP contribution in [0.4, 0.5) is 10.5 Å². The van der Waals surface area contributed by atoms with Crippen LogP contribution in [0.2, 0.25) is 0 Å². The molecule has 0 aliphatic rings. The standard InChI is InChI=1S/C18H25N3O2/c1-12-8-9-14-6-5-7-15(16(14)20-12)21-17(23)19-11-18(3,4)10-13(2)22/h5-9,13,22H,10-11H2,1-4H3,(H2,19,21,23). The van der Waals surface area contributed by atoms with E-state index in [0.717, 1.165) is 16.6 Å². The number of anilines is 1. The van der Waals surface area contributed by atoms with Gasteiger partial charge in [-0.25, -0.2) is 4.79 Å². The first-order valence-corrected chi connectivity index (χ1v) is 7.86. The van der Waals surface area contributed by atoms with E-state index in [9.17, 15) is 9.90 Å². The Bertz CT molecular complexity index is 696. The predicted molar refractivity (Wildman–Crippen MR) is 93.6 cm³/mol. The summed E-state index contributed by atoms with van der Waals surface area (Å²) in [6, 6.07) is 9.38. The van der Waals surface area contributed by atoms with Crippen molar-refractivity contribution in [3.63, 3.8) is 0 Å². The molecule has 0 radical (unpaired) electrons. The van der Waals surface area contributed by atoms with Gasteiger partial charge in [0.1, 0.15) is 0 Å². The molecule has 1 aromatic carbocycles. The predicted octanol–water partition coefficient (Wildman–Crippen LogP) is 3.46. The number of urea groups is 1. The first-order chi connectivity index (χ1) is 10.8. The van der Waals surface area contributed by atoms with Gasteiger partial charge in [-0.15, -0.1) is 0 Å². The number of para-hydroxylation sites is 1. The number of fused-ring (bicyclic) bond motifs is 1. The van der Waals surface area contributed by atoms with Gasteiger partial charge in [-0.2, -0.15) is 0 Å². The Hall–Kier alpha value is -2.14. The van der Waals surface area contributed by atoms with Gasteiger partial charge in [-0.1, -0.05) is 32.0 Å². The summed E-state index contributed by atoms with van der Waals surface area (Å²) in [5, 5.41) is 16.2. The van der Waals surface area contributed by atoms with Crippen LogP contribution in [-0.4, -0.2) is 28.8 Å². The van der Waals surface area contributed by atoms with Crippen molar-refractivity contribution in [3.05, 3.63) is 36.0 Å². The van der Waals surface area contributed by atoms with Crippen LogP contribution >= 0.6 is 0 Å². The Morgan fingerprint density at radius 2 is 2.04 bits per heavy atom. The highest BCUT2D eigenvalue weighted by Crippen LogP contribution is 2.23. The number of hydrogen-bond donors (Lipinski definition) is 3. The molecular weight excluding hydrogens is 290 g/mol. The van der Waals surface area contributed by atoms with Gasteiger partial charge in [-0.05, 0) is 37.8 Å². The number of benzene rings is 1. The Balaban J connectivity index is 2.05. The quantitative estimate of drug-likeness (QED) is 0.791. The lowest BCUT2D eigenvalue weighted by Gasteiger charge is -2.26. The Labute approximate surface area is 137 Å². The van der Waals surface area contributed by atoms with Gasteiger partial charge in [0.15, 0.2) is 0 Å². The summed E-state index contributed by atoms with van der Waals surface area (Å²) in [5.41, 5.74) is 2.21. The molecule has 0 bridgehead atoms. The van der Waals surface area contributed by atoms with Crippen molar-refractivity contribution in [3.8, 4) is 0 Å². The number of amides is 2. The molecule has 2 aromatic rings. The maximum atomic E-state index is 12.2. The average molecular weight is 315 g/mol. The van der Waals surface area contributed by atoms with E-state index in [1.807, 2.05) is 51.1 Å². The second-order valence-corrected chi connectivity index (χ2v) is 6.85. The lowest BCUT2D eigenvalue weighted by atomic mass is 9.87. The Kier molecular flexibility index (Phi) is 5.21. The van der Waals surface area contributed by atoms with Gasteiger partial charge in [0.25, 0.3) is 0 Å². The third-order valence-electron chi connectivity index (χ3n) is 3.68. The van der Waals surface area contributed by atoms with Gasteiger partial charge in [0.05, 0.1) is 17.3 Å². The zero-order chi connectivity index (χ0) is 17.0. The van der Waals surface area contributed by atoms with Gasteiger partial charge < -0.3 is 15.7 Å². The summed E-state index contributed by atoms with van der Waals surface area (Å²) in [7, 11) is 0. The van der Waals surface area contributed by atoms with Crippen LogP contribution in [0.25, 0.3) is 10.9 Å². The molecule has 5 nitrogen and oxygen atoms in total. The molecule has 2 amide bonds. The molecule has 0 fully saturated rings. The molecular formula is C18H25N3O2. The van der Waals surface area contributed by atoms with Crippen molar-refractivity contribution in [1.82, 2.24) is 10.3 Å². The first kappa shape index (κ1) is 17.2. The summed E-state index contributed by atoms with van der Waals surface area (Å²) in [6.07, 6.45) is 0.238. The molecule has 1 heterocycles. The number of aliphatic hydroxyl groups is 1. The lowest BCUT2D eigenvalue weighted by Crippen LogP contribution is -2.38. The average Bonchev–Trinajstić information content (AvgIpc) is 2.45. The maximum Gasteiger partial charge on any atom is 0.319 e. The van der Waals surface area contributed by atoms with Crippen LogP contribution in [0.5, 0.6) is 0 Å². The van der Waals surface area contributed by atoms with E-state index in [0.29, 0.717) is 18.7 Å². The highest BCUT2D eigenvalue weighted by Gasteiger charge is 2.21. The minimum atomic E-state index is -0.389. The molecule has 0 saturated heterocycles. The summed E-state index contributed by atoms with van der Waals surface area (Å²) in [6.45, 7) is 8.20. The largest absolute Gasteiger partial charge is 0.393 e. The third-order valence-corrected chi connectivity index (χ3v) is 3.68. The Morgan fingerprint density at radius 3 is 2.74 bits per heavy atom. The van der Waals surface area contributed by atoms with E-state index >= 15 is 0 Å². The van der Waals surface area contributed by atoms with Crippen molar-refractivity contribution in [2.75, 3.05) is 11.9 Å². The highest BCUT2D eigenvalue weighted by atomic mass is 16.3. The number of aliphatic hydroxyl groups excluding tert-OH is 1. The minimum Gasteiger partial charge on any atom is -0.393 e. The number of carbonyl (C=O) groups is 1. The minimum absolute atomic E-state index is 0.168. The van der Waals surface area contributed by atoms with E-state index in [1.54, 1.807) is 6.92 Å². The molecule has 0 spiro atoms. The molecule has 5 heteroatoms. The van der Waals surface area contributed by atoms with Crippen LogP contribution in [0.3, 0.4) is 0 Å². The number of aryl methyl sites for hydroxylation is 1. The summed E-state index contributed by atoms with van der Waals surface area (Å²) < 4.78 is 0. The fourth-order valence-electron chi connectivity index (χ4n) is 2.70. The molecule has 1 aromatic heterocycles. The summed E-state index contributed by atoms with van der Waals surface area (Å²) in [5.74, 6) is 0. The van der Waals surface area contributed by atoms with Crippen molar-refractivity contribution in [1.29, 1.82) is 0 Å². The zero-order valence-corrected chi connectivity index (χ0v) is 14.2. The van der Waals surface area contributed by atoms with E-state index in [4.69, 9.17) is 0 Å². The number of pyridine rings is 1. The van der Waals surface area contributed by atoms with Crippen molar-refractivity contribution < 1.29 is 9.90 Å². The van der Waals surface area contributed by atoms with Crippen LogP contribution in [0, 0.1) is 12.3 Å². The van der Waals surface area contributed by atoms with Crippen molar-refractivity contribution >= 4 is 22.6 Å². The van der Waals surface area contributed by atoms with Gasteiger partial charge in [0.2, 0.25) is 0 Å². The topological polar surface area (TPSA) is 74.2 Å². The number of rotatable bonds is 5. The highest BCUT2D eigenvalue weighted by molar-refractivity contribution is 5.99. The van der Waals surface area contributed by atoms with Crippen molar-refractivity contribution in [2.45, 2.75) is 40.2 Å². The van der Waals surface area contributed by atoms with Gasteiger partial charge >= 0.3 is 6.03 Å². The van der Waals surface area contributed by atoms with Gasteiger partial charge in [-0.3, -0.25) is 4.98 Å². The lowest BCUT2D eigenvalue weighted by molar-refractivity contribution is 0.129. The second kappa shape index (κ2) is 6.96. The third kappa shape index (κ3) is 4.93. The van der Waals surface area contributed by atoms with Gasteiger partial charge in [0, 0.05) is 17.6 Å². The van der Waals surface area contributed by atoms with E-state index in [1.165, 1.54) is 0 Å². The number of carbonyl (C=O) groups excluding carboxylic acids is 1. The van der Waals surface area contributed by atoms with E-state index in [2.05, 4.69) is 15.6 Å². The zero-order valence-electron chi connectivity index (χ0n) is 14.2. The molecule has 2 rings (SSSR count). The second-order valence-electron chi connectivity index (χ2n) is 6.85. The smallest absolute Gasteiger partial charge is 0.319 e. The number of hydrogen-bond acceptors (Lipinski definition) is 3. The van der Waals surface area contributed by atoms with Crippen molar-refractivity contribution in [2.24, 2.45) is 5.41 Å². The first-order valence-electron chi connectivity index (χ1n) is 7.86. The molecule has 1 unspecified atom stereocenters. The van der Waals surface area contributed by atoms with Crippen LogP contribution in [-0.2, 0) is 0 Å². The maximum absolute atomic E-state index is 12.2. The molecule has 0 aliphatic heterocycles. The van der Waals surface area contributed by atoms with E-state index < -0.39 is 0 Å². The summed E-state index contributed by atoms with van der Waals surface area (Å²) >= 11 is 0. The molecule has 1 atom stereocenters. The SMILES string of the molecule is Cc1ccc2cccc(NC(=O)NCC(C)(C)CC(C)O)c2n1. The van der Waals surface area contributed by atoms with Crippen LogP contribution in [0.1, 0.15) is 32.9 Å². The van der Waals surface area contributed by atoms with Crippen LogP contribution in [0.15, 0.2) is 30.3 Å². The van der Waals surface area contributed by atoms with E-state index in [-0.39, 0.29) is 17.6 Å². The molecule has 3 N–H and O–H groups in total. The summed E-state index contributed by atoms with van der Waals surface area (Å²) in [4.78, 5) is 16.7.